The molecule has 0 saturated carbocycles. The summed E-state index contributed by atoms with van der Waals surface area (Å²) in [5.74, 6) is -2.58. The molecule has 2 bridgehead atoms. The molecule has 1 aliphatic heterocycles. The topological polar surface area (TPSA) is 167 Å². The Labute approximate surface area is 190 Å². The molecule has 3 radical (unpaired) electrons. The summed E-state index contributed by atoms with van der Waals surface area (Å²) in [5, 5.41) is 20.4. The van der Waals surface area contributed by atoms with Crippen LogP contribution < -0.4 is 14.2 Å². The smallest absolute Gasteiger partial charge is 0.341 e. The average molecular weight is 462 g/mol. The van der Waals surface area contributed by atoms with Gasteiger partial charge in [0.05, 0.1) is 30.6 Å². The summed E-state index contributed by atoms with van der Waals surface area (Å²) < 4.78 is 19.9. The van der Waals surface area contributed by atoms with Crippen molar-refractivity contribution in [2.75, 3.05) is 0 Å². The molecule has 0 aliphatic carbocycles. The quantitative estimate of drug-likeness (QED) is 0.476. The largest absolute Gasteiger partial charge is 0.498 e. The highest BCUT2D eigenvalue weighted by Gasteiger charge is 2.16. The number of esters is 3. The van der Waals surface area contributed by atoms with Crippen LogP contribution in [0.15, 0.2) is 36.6 Å². The van der Waals surface area contributed by atoms with Crippen molar-refractivity contribution in [3.63, 3.8) is 0 Å². The molecule has 1 aromatic rings. The van der Waals surface area contributed by atoms with E-state index >= 15 is 0 Å². The van der Waals surface area contributed by atoms with Crippen LogP contribution in [0.5, 0.6) is 18.0 Å². The third-order valence-electron chi connectivity index (χ3n) is 3.11. The van der Waals surface area contributed by atoms with Gasteiger partial charge in [-0.25, -0.2) is 24.6 Å². The second kappa shape index (κ2) is 14.4. The minimum absolute atomic E-state index is 0.122. The molecule has 3 unspecified atom stereocenters. The van der Waals surface area contributed by atoms with E-state index in [1.165, 1.54) is 26.0 Å². The predicted molar refractivity (Wildman–Crippen MR) is 110 cm³/mol. The Hall–Kier alpha value is -3.64. The maximum atomic E-state index is 11.8. The van der Waals surface area contributed by atoms with E-state index in [0.29, 0.717) is 6.42 Å². The number of fused-ring (bicyclic) bond motifs is 2. The molecule has 12 nitrogen and oxygen atoms in total. The molecule has 3 atom stereocenters. The maximum Gasteiger partial charge on any atom is 0.341 e. The fraction of sp³-hybridized carbons (Fsp3) is 0.381. The summed E-state index contributed by atoms with van der Waals surface area (Å²) in [6, 6.07) is -1.67. The van der Waals surface area contributed by atoms with Crippen molar-refractivity contribution >= 4 is 17.9 Å². The normalized spacial score (nSPS) is 17.2. The van der Waals surface area contributed by atoms with E-state index in [1.54, 1.807) is 6.92 Å². The molecule has 2 rings (SSSR count). The van der Waals surface area contributed by atoms with Gasteiger partial charge in [0.2, 0.25) is 0 Å². The molecule has 33 heavy (non-hydrogen) atoms. The summed E-state index contributed by atoms with van der Waals surface area (Å²) in [4.78, 5) is 46.4. The standard InChI is InChI=1S/C18H18N3O8.C3H6O/c1-11(22)5-3-7-13(23)27-16-19-17-21-18(20-16)29-15(25)9-10-26-12(2)6-4-8-14(24)28-17;1-3(2)4/h3-4,7-12H,5-6H2,1-2H3;3H,1H2,2H3. The highest BCUT2D eigenvalue weighted by molar-refractivity contribution is 5.85. The first-order valence-electron chi connectivity index (χ1n) is 9.76. The highest BCUT2D eigenvalue weighted by atomic mass is 16.6. The van der Waals surface area contributed by atoms with Crippen LogP contribution in [0.3, 0.4) is 0 Å². The fourth-order valence-corrected chi connectivity index (χ4v) is 1.83. The van der Waals surface area contributed by atoms with Crippen molar-refractivity contribution in [2.24, 2.45) is 0 Å². The van der Waals surface area contributed by atoms with Crippen LogP contribution >= 0.6 is 0 Å². The summed E-state index contributed by atoms with van der Waals surface area (Å²) in [6.45, 7) is 7.76. The Balaban J connectivity index is 0.00000125. The minimum atomic E-state index is -0.886. The lowest BCUT2D eigenvalue weighted by Crippen LogP contribution is -2.15. The Bertz CT molecular complexity index is 844. The van der Waals surface area contributed by atoms with Crippen LogP contribution in [0.4, 0.5) is 0 Å². The molecular formula is C21H24N3O9. The average Bonchev–Trinajstić information content (AvgIpc) is 2.66. The molecule has 12 heteroatoms. The number of aromatic nitrogens is 3. The zero-order valence-corrected chi connectivity index (χ0v) is 18.3. The summed E-state index contributed by atoms with van der Waals surface area (Å²) >= 11 is 0. The Kier molecular flexibility index (Phi) is 12.0. The van der Waals surface area contributed by atoms with Gasteiger partial charge in [-0.3, -0.25) is 0 Å². The highest BCUT2D eigenvalue weighted by Crippen LogP contribution is 2.16. The van der Waals surface area contributed by atoms with Crippen molar-refractivity contribution in [2.45, 2.75) is 51.9 Å². The van der Waals surface area contributed by atoms with Crippen LogP contribution in [-0.4, -0.2) is 51.2 Å². The zero-order chi connectivity index (χ0) is 24.8. The van der Waals surface area contributed by atoms with Gasteiger partial charge in [-0.2, -0.15) is 0 Å². The van der Waals surface area contributed by atoms with Gasteiger partial charge >= 0.3 is 35.9 Å². The monoisotopic (exact) mass is 462 g/mol. The third kappa shape index (κ3) is 13.4. The van der Waals surface area contributed by atoms with E-state index in [0.717, 1.165) is 24.5 Å². The Morgan fingerprint density at radius 2 is 1.73 bits per heavy atom. The molecule has 0 fully saturated rings. The molecule has 1 aliphatic rings. The van der Waals surface area contributed by atoms with Gasteiger partial charge in [0, 0.05) is 18.6 Å². The molecule has 0 saturated heterocycles. The predicted octanol–water partition coefficient (Wildman–Crippen LogP) is 1.87. The molecule has 0 N–H and O–H groups in total. The number of rotatable bonds is 4. The van der Waals surface area contributed by atoms with E-state index in [4.69, 9.17) is 18.9 Å². The first-order chi connectivity index (χ1) is 15.5. The van der Waals surface area contributed by atoms with Gasteiger partial charge in [-0.05, 0) is 34.1 Å². The van der Waals surface area contributed by atoms with E-state index in [-0.39, 0.29) is 12.5 Å². The van der Waals surface area contributed by atoms with Gasteiger partial charge in [0.1, 0.15) is 0 Å². The second-order valence-corrected chi connectivity index (χ2v) is 6.59. The third-order valence-corrected chi connectivity index (χ3v) is 3.11. The van der Waals surface area contributed by atoms with Crippen LogP contribution in [0.25, 0.3) is 0 Å². The van der Waals surface area contributed by atoms with E-state index in [1.807, 2.05) is 0 Å². The van der Waals surface area contributed by atoms with Crippen molar-refractivity contribution in [3.8, 4) is 18.0 Å². The molecule has 2 heterocycles. The number of hydrogen-bond acceptors (Lipinski definition) is 10. The van der Waals surface area contributed by atoms with Crippen LogP contribution in [0, 0.1) is 6.92 Å². The lowest BCUT2D eigenvalue weighted by atomic mass is 10.2. The molecule has 1 aromatic heterocycles. The number of nitrogens with zero attached hydrogens (tertiary/aromatic N) is 3. The molecule has 0 amide bonds. The van der Waals surface area contributed by atoms with Crippen molar-refractivity contribution in [3.05, 3.63) is 43.6 Å². The summed E-state index contributed by atoms with van der Waals surface area (Å²) in [5.41, 5.74) is 0. The Morgan fingerprint density at radius 1 is 1.15 bits per heavy atom. The van der Waals surface area contributed by atoms with Crippen molar-refractivity contribution < 1.29 is 43.5 Å². The Morgan fingerprint density at radius 3 is 2.30 bits per heavy atom. The zero-order valence-electron chi connectivity index (χ0n) is 18.3. The summed E-state index contributed by atoms with van der Waals surface area (Å²) in [6.07, 6.45) is 5.78. The first kappa shape index (κ1) is 27.4. The number of carbonyl (C=O) groups is 3. The number of ether oxygens (including phenoxy) is 4. The lowest BCUT2D eigenvalue weighted by Gasteiger charge is -2.09. The summed E-state index contributed by atoms with van der Waals surface area (Å²) in [7, 11) is 0. The van der Waals surface area contributed by atoms with E-state index < -0.39 is 48.1 Å². The first-order valence-corrected chi connectivity index (χ1v) is 9.76. The number of carbonyl (C=O) groups excluding carboxylic acids is 3. The van der Waals surface area contributed by atoms with Gasteiger partial charge < -0.3 is 18.9 Å². The van der Waals surface area contributed by atoms with Crippen LogP contribution in [-0.2, 0) is 29.3 Å². The van der Waals surface area contributed by atoms with Gasteiger partial charge in [-0.1, -0.05) is 12.2 Å². The van der Waals surface area contributed by atoms with Crippen molar-refractivity contribution in [1.82, 2.24) is 15.0 Å². The van der Waals surface area contributed by atoms with Crippen LogP contribution in [0.1, 0.15) is 33.6 Å². The second-order valence-electron chi connectivity index (χ2n) is 6.59. The molecular weight excluding hydrogens is 438 g/mol. The molecule has 177 valence electrons. The van der Waals surface area contributed by atoms with Gasteiger partial charge in [0.15, 0.2) is 0 Å². The van der Waals surface area contributed by atoms with E-state index in [2.05, 4.69) is 21.9 Å². The lowest BCUT2D eigenvalue weighted by molar-refractivity contribution is -0.129. The maximum absolute atomic E-state index is 11.8. The van der Waals surface area contributed by atoms with Crippen molar-refractivity contribution in [1.29, 1.82) is 0 Å². The van der Waals surface area contributed by atoms with E-state index in [9.17, 15) is 24.6 Å². The van der Waals surface area contributed by atoms with Gasteiger partial charge in [0.25, 0.3) is 0 Å². The van der Waals surface area contributed by atoms with Gasteiger partial charge in [-0.15, -0.1) is 15.0 Å². The molecule has 0 aromatic carbocycles. The molecule has 0 spiro atoms. The van der Waals surface area contributed by atoms with Crippen LogP contribution in [0.2, 0.25) is 0 Å². The number of hydrogen-bond donors (Lipinski definition) is 0. The minimum Gasteiger partial charge on any atom is -0.498 e. The SMILES string of the molecule is CC([O])CC=CC(=O)Oc1nc2nc(n1)OC(=O)C=COC(C)CC=CC(=O)O2.[CH2]C(C)[O]. The fourth-order valence-electron chi connectivity index (χ4n) is 1.83.